The number of rotatable bonds is 7. The summed E-state index contributed by atoms with van der Waals surface area (Å²) >= 11 is 0. The minimum atomic E-state index is -0.302. The summed E-state index contributed by atoms with van der Waals surface area (Å²) in [4.78, 5) is 34.7. The van der Waals surface area contributed by atoms with E-state index in [1.54, 1.807) is 18.4 Å². The van der Waals surface area contributed by atoms with Gasteiger partial charge < -0.3 is 14.6 Å². The van der Waals surface area contributed by atoms with E-state index in [2.05, 4.69) is 15.3 Å². The summed E-state index contributed by atoms with van der Waals surface area (Å²) in [7, 11) is 0. The molecule has 0 aliphatic carbocycles. The van der Waals surface area contributed by atoms with E-state index in [1.807, 2.05) is 32.0 Å². The number of carbonyl (C=O) groups excluding carboxylic acids is 2. The SMILES string of the molecule is Cc1ccc(NC(=O)CCN(Cc2ccco2)C(=O)c2cnccn2)cc1C. The van der Waals surface area contributed by atoms with Crippen LogP contribution in [-0.4, -0.2) is 33.2 Å². The number of hydrogen-bond acceptors (Lipinski definition) is 5. The first-order chi connectivity index (χ1) is 13.5. The second-order valence-corrected chi connectivity index (χ2v) is 6.49. The Bertz CT molecular complexity index is 940. The number of aryl methyl sites for hydroxylation is 2. The number of amides is 2. The number of furan rings is 1. The van der Waals surface area contributed by atoms with Gasteiger partial charge in [-0.25, -0.2) is 4.98 Å². The molecule has 0 unspecified atom stereocenters. The zero-order valence-corrected chi connectivity index (χ0v) is 15.9. The Balaban J connectivity index is 1.65. The van der Waals surface area contributed by atoms with E-state index in [1.165, 1.54) is 23.5 Å². The highest BCUT2D eigenvalue weighted by atomic mass is 16.3. The van der Waals surface area contributed by atoms with E-state index in [9.17, 15) is 9.59 Å². The maximum absolute atomic E-state index is 12.8. The average Bonchev–Trinajstić information content (AvgIpc) is 3.21. The van der Waals surface area contributed by atoms with Crippen LogP contribution in [0.1, 0.15) is 33.8 Å². The molecule has 0 saturated carbocycles. The van der Waals surface area contributed by atoms with Gasteiger partial charge in [0.2, 0.25) is 5.91 Å². The van der Waals surface area contributed by atoms with E-state index in [0.29, 0.717) is 5.76 Å². The lowest BCUT2D eigenvalue weighted by atomic mass is 10.1. The number of benzene rings is 1. The van der Waals surface area contributed by atoms with Crippen molar-refractivity contribution in [3.8, 4) is 0 Å². The van der Waals surface area contributed by atoms with Gasteiger partial charge in [-0.15, -0.1) is 0 Å². The van der Waals surface area contributed by atoms with E-state index >= 15 is 0 Å². The Morgan fingerprint density at radius 2 is 2.00 bits per heavy atom. The van der Waals surface area contributed by atoms with Crippen LogP contribution in [0.4, 0.5) is 5.69 Å². The van der Waals surface area contributed by atoms with Crippen LogP contribution in [0, 0.1) is 13.8 Å². The maximum atomic E-state index is 12.8. The van der Waals surface area contributed by atoms with Crippen LogP contribution in [0.15, 0.2) is 59.6 Å². The molecule has 0 saturated heterocycles. The molecular formula is C21H22N4O3. The molecule has 1 N–H and O–H groups in total. The largest absolute Gasteiger partial charge is 0.467 e. The van der Waals surface area contributed by atoms with Gasteiger partial charge in [0.15, 0.2) is 0 Å². The van der Waals surface area contributed by atoms with Crippen LogP contribution >= 0.6 is 0 Å². The van der Waals surface area contributed by atoms with Crippen molar-refractivity contribution in [3.05, 3.63) is 77.8 Å². The van der Waals surface area contributed by atoms with Gasteiger partial charge in [-0.05, 0) is 49.2 Å². The van der Waals surface area contributed by atoms with E-state index in [-0.39, 0.29) is 37.0 Å². The molecule has 2 amide bonds. The lowest BCUT2D eigenvalue weighted by molar-refractivity contribution is -0.116. The van der Waals surface area contributed by atoms with Crippen LogP contribution in [0.5, 0.6) is 0 Å². The molecule has 3 aromatic rings. The third-order valence-corrected chi connectivity index (χ3v) is 4.40. The first-order valence-electron chi connectivity index (χ1n) is 8.97. The predicted octanol–water partition coefficient (Wildman–Crippen LogP) is 3.36. The lowest BCUT2D eigenvalue weighted by Crippen LogP contribution is -2.34. The highest BCUT2D eigenvalue weighted by Gasteiger charge is 2.20. The first-order valence-corrected chi connectivity index (χ1v) is 8.97. The molecule has 0 radical (unpaired) electrons. The minimum Gasteiger partial charge on any atom is -0.467 e. The molecular weight excluding hydrogens is 356 g/mol. The second-order valence-electron chi connectivity index (χ2n) is 6.49. The Hall–Kier alpha value is -3.48. The molecule has 7 nitrogen and oxygen atoms in total. The zero-order valence-electron chi connectivity index (χ0n) is 15.9. The first kappa shape index (κ1) is 19.3. The molecule has 0 aliphatic rings. The average molecular weight is 378 g/mol. The van der Waals surface area contributed by atoms with Crippen LogP contribution < -0.4 is 5.32 Å². The van der Waals surface area contributed by atoms with Gasteiger partial charge in [-0.2, -0.15) is 0 Å². The van der Waals surface area contributed by atoms with Gasteiger partial charge in [0.1, 0.15) is 11.5 Å². The zero-order chi connectivity index (χ0) is 19.9. The summed E-state index contributed by atoms with van der Waals surface area (Å²) in [6, 6.07) is 9.30. The Labute approximate surface area is 163 Å². The number of anilines is 1. The quantitative estimate of drug-likeness (QED) is 0.681. The van der Waals surface area contributed by atoms with Gasteiger partial charge >= 0.3 is 0 Å². The van der Waals surface area contributed by atoms with Crippen molar-refractivity contribution in [2.75, 3.05) is 11.9 Å². The summed E-state index contributed by atoms with van der Waals surface area (Å²) in [6.45, 7) is 4.49. The second kappa shape index (κ2) is 8.94. The van der Waals surface area contributed by atoms with Gasteiger partial charge in [0.25, 0.3) is 5.91 Å². The minimum absolute atomic E-state index is 0.152. The molecule has 1 aromatic carbocycles. The normalized spacial score (nSPS) is 10.5. The van der Waals surface area contributed by atoms with Crippen molar-refractivity contribution in [1.29, 1.82) is 0 Å². The standard InChI is InChI=1S/C21H22N4O3/c1-15-5-6-17(12-16(15)2)24-20(26)7-10-25(14-18-4-3-11-28-18)21(27)19-13-22-8-9-23-19/h3-6,8-9,11-13H,7,10,14H2,1-2H3,(H,24,26). The van der Waals surface area contributed by atoms with Gasteiger partial charge in [-0.3, -0.25) is 14.6 Å². The number of hydrogen-bond donors (Lipinski definition) is 1. The maximum Gasteiger partial charge on any atom is 0.274 e. The summed E-state index contributed by atoms with van der Waals surface area (Å²) < 4.78 is 5.35. The molecule has 2 aromatic heterocycles. The summed E-state index contributed by atoms with van der Waals surface area (Å²) in [5.41, 5.74) is 3.24. The molecule has 0 spiro atoms. The highest BCUT2D eigenvalue weighted by molar-refractivity contribution is 5.93. The topological polar surface area (TPSA) is 88.3 Å². The number of carbonyl (C=O) groups is 2. The van der Waals surface area contributed by atoms with Crippen molar-refractivity contribution < 1.29 is 14.0 Å². The van der Waals surface area contributed by atoms with Crippen molar-refractivity contribution in [2.45, 2.75) is 26.8 Å². The Morgan fingerprint density at radius 1 is 1.14 bits per heavy atom. The summed E-state index contributed by atoms with van der Waals surface area (Å²) in [5.74, 6) is 0.162. The molecule has 144 valence electrons. The van der Waals surface area contributed by atoms with E-state index in [4.69, 9.17) is 4.42 Å². The Morgan fingerprint density at radius 3 is 2.68 bits per heavy atom. The van der Waals surface area contributed by atoms with Crippen LogP contribution in [0.2, 0.25) is 0 Å². The van der Waals surface area contributed by atoms with Gasteiger partial charge in [0.05, 0.1) is 19.0 Å². The van der Waals surface area contributed by atoms with Crippen molar-refractivity contribution in [3.63, 3.8) is 0 Å². The monoisotopic (exact) mass is 378 g/mol. The fourth-order valence-corrected chi connectivity index (χ4v) is 2.69. The highest BCUT2D eigenvalue weighted by Crippen LogP contribution is 2.15. The lowest BCUT2D eigenvalue weighted by Gasteiger charge is -2.21. The van der Waals surface area contributed by atoms with Gasteiger partial charge in [0, 0.05) is 31.0 Å². The van der Waals surface area contributed by atoms with Crippen LogP contribution in [0.3, 0.4) is 0 Å². The van der Waals surface area contributed by atoms with Crippen molar-refractivity contribution in [2.24, 2.45) is 0 Å². The number of nitrogens with zero attached hydrogens (tertiary/aromatic N) is 3. The Kier molecular flexibility index (Phi) is 6.16. The van der Waals surface area contributed by atoms with Crippen molar-refractivity contribution >= 4 is 17.5 Å². The third kappa shape index (κ3) is 5.03. The number of nitrogens with one attached hydrogen (secondary N) is 1. The molecule has 7 heteroatoms. The molecule has 0 fully saturated rings. The molecule has 0 atom stereocenters. The van der Waals surface area contributed by atoms with E-state index < -0.39 is 0 Å². The van der Waals surface area contributed by atoms with Crippen LogP contribution in [-0.2, 0) is 11.3 Å². The summed E-state index contributed by atoms with van der Waals surface area (Å²) in [5, 5.41) is 2.87. The van der Waals surface area contributed by atoms with Crippen LogP contribution in [0.25, 0.3) is 0 Å². The van der Waals surface area contributed by atoms with Crippen molar-refractivity contribution in [1.82, 2.24) is 14.9 Å². The predicted molar refractivity (Wildman–Crippen MR) is 105 cm³/mol. The molecule has 2 heterocycles. The fourth-order valence-electron chi connectivity index (χ4n) is 2.69. The summed E-state index contributed by atoms with van der Waals surface area (Å²) in [6.07, 6.45) is 6.08. The fraction of sp³-hybridized carbons (Fsp3) is 0.238. The molecule has 28 heavy (non-hydrogen) atoms. The molecule has 0 bridgehead atoms. The smallest absolute Gasteiger partial charge is 0.274 e. The molecule has 3 rings (SSSR count). The number of aromatic nitrogens is 2. The third-order valence-electron chi connectivity index (χ3n) is 4.40. The van der Waals surface area contributed by atoms with Gasteiger partial charge in [-0.1, -0.05) is 6.07 Å². The van der Waals surface area contributed by atoms with E-state index in [0.717, 1.165) is 16.8 Å². The molecule has 0 aliphatic heterocycles.